The third kappa shape index (κ3) is 3.40. The van der Waals surface area contributed by atoms with E-state index in [0.717, 1.165) is 16.5 Å². The molecule has 2 aromatic carbocycles. The fourth-order valence-corrected chi connectivity index (χ4v) is 3.77. The zero-order valence-electron chi connectivity index (χ0n) is 16.4. The van der Waals surface area contributed by atoms with Gasteiger partial charge in [-0.25, -0.2) is 24.0 Å². The van der Waals surface area contributed by atoms with Gasteiger partial charge in [-0.05, 0) is 24.3 Å². The molecule has 31 heavy (non-hydrogen) atoms. The molecule has 0 saturated heterocycles. The minimum absolute atomic E-state index is 0.247. The molecule has 0 aliphatic heterocycles. The average Bonchev–Trinajstić information content (AvgIpc) is 3.13. The monoisotopic (exact) mass is 434 g/mol. The number of aromatic nitrogens is 5. The maximum atomic E-state index is 14.2. The smallest absolute Gasteiger partial charge is 0.164 e. The van der Waals surface area contributed by atoms with Crippen LogP contribution in [0, 0.1) is 5.82 Å². The highest BCUT2D eigenvalue weighted by Gasteiger charge is 2.19. The molecule has 0 unspecified atom stereocenters. The lowest BCUT2D eigenvalue weighted by atomic mass is 10.1. The van der Waals surface area contributed by atoms with Gasteiger partial charge in [-0.1, -0.05) is 29.8 Å². The highest BCUT2D eigenvalue weighted by molar-refractivity contribution is 6.30. The van der Waals surface area contributed by atoms with Gasteiger partial charge in [0.1, 0.15) is 34.6 Å². The largest absolute Gasteiger partial charge is 0.497 e. The first-order valence-electron chi connectivity index (χ1n) is 9.39. The number of halogens is 2. The first kappa shape index (κ1) is 19.2. The van der Waals surface area contributed by atoms with Crippen LogP contribution >= 0.6 is 11.6 Å². The molecule has 0 spiro atoms. The van der Waals surface area contributed by atoms with Crippen LogP contribution in [0.5, 0.6) is 5.75 Å². The summed E-state index contributed by atoms with van der Waals surface area (Å²) in [7, 11) is 1.47. The molecule has 154 valence electrons. The van der Waals surface area contributed by atoms with Crippen LogP contribution in [0.2, 0.25) is 5.15 Å². The number of nitrogens with two attached hydrogens (primary N) is 1. The van der Waals surface area contributed by atoms with Crippen LogP contribution in [0.3, 0.4) is 0 Å². The molecule has 0 fully saturated rings. The van der Waals surface area contributed by atoms with Crippen molar-refractivity contribution in [3.8, 4) is 17.0 Å². The molecule has 5 rings (SSSR count). The summed E-state index contributed by atoms with van der Waals surface area (Å²) < 4.78 is 21.0. The second kappa shape index (κ2) is 7.48. The standard InChI is InChI=1S/C22H16ClFN6O/c1-31-16-8-13(7-15(24)9-16)19-18-21(25)26-11-27-22(18)30(29-19)10-14-6-12-4-2-3-5-17(12)28-20(14)23/h2-9,11H,10H2,1H3,(H2,25,26,27). The number of pyridine rings is 1. The predicted molar refractivity (Wildman–Crippen MR) is 118 cm³/mol. The van der Waals surface area contributed by atoms with Gasteiger partial charge in [0.15, 0.2) is 5.65 Å². The Labute approximate surface area is 181 Å². The Hall–Kier alpha value is -3.78. The van der Waals surface area contributed by atoms with Gasteiger partial charge in [0.05, 0.1) is 24.6 Å². The molecule has 0 atom stereocenters. The summed E-state index contributed by atoms with van der Waals surface area (Å²) in [6.45, 7) is 0.302. The Morgan fingerprint density at radius 3 is 2.81 bits per heavy atom. The summed E-state index contributed by atoms with van der Waals surface area (Å²) in [5, 5.41) is 6.54. The molecular weight excluding hydrogens is 419 g/mol. The van der Waals surface area contributed by atoms with Crippen LogP contribution in [0.1, 0.15) is 5.56 Å². The molecule has 0 bridgehead atoms. The second-order valence-electron chi connectivity index (χ2n) is 6.97. The van der Waals surface area contributed by atoms with Gasteiger partial charge in [-0.15, -0.1) is 0 Å². The van der Waals surface area contributed by atoms with Crippen molar-refractivity contribution in [1.29, 1.82) is 0 Å². The van der Waals surface area contributed by atoms with Crippen molar-refractivity contribution in [2.45, 2.75) is 6.54 Å². The number of fused-ring (bicyclic) bond motifs is 2. The average molecular weight is 435 g/mol. The Kier molecular flexibility index (Phi) is 4.63. The van der Waals surface area contributed by atoms with Crippen molar-refractivity contribution < 1.29 is 9.13 Å². The van der Waals surface area contributed by atoms with E-state index in [4.69, 9.17) is 22.1 Å². The highest BCUT2D eigenvalue weighted by Crippen LogP contribution is 2.33. The van der Waals surface area contributed by atoms with Gasteiger partial charge >= 0.3 is 0 Å². The lowest BCUT2D eigenvalue weighted by molar-refractivity contribution is 0.411. The number of nitrogens with zero attached hydrogens (tertiary/aromatic N) is 5. The van der Waals surface area contributed by atoms with Crippen LogP contribution in [0.15, 0.2) is 54.9 Å². The molecule has 5 aromatic rings. The van der Waals surface area contributed by atoms with Crippen molar-refractivity contribution in [2.75, 3.05) is 12.8 Å². The third-order valence-corrected chi connectivity index (χ3v) is 5.34. The van der Waals surface area contributed by atoms with E-state index in [1.165, 1.54) is 25.6 Å². The van der Waals surface area contributed by atoms with E-state index in [0.29, 0.717) is 39.7 Å². The lowest BCUT2D eigenvalue weighted by Crippen LogP contribution is -2.05. The van der Waals surface area contributed by atoms with Gasteiger partial charge in [-0.3, -0.25) is 0 Å². The molecule has 0 radical (unpaired) electrons. The number of rotatable bonds is 4. The number of hydrogen-bond acceptors (Lipinski definition) is 6. The molecule has 0 amide bonds. The molecule has 0 aliphatic rings. The van der Waals surface area contributed by atoms with Gasteiger partial charge in [-0.2, -0.15) is 5.10 Å². The molecule has 3 heterocycles. The van der Waals surface area contributed by atoms with Gasteiger partial charge in [0, 0.05) is 22.6 Å². The Morgan fingerprint density at radius 1 is 1.13 bits per heavy atom. The van der Waals surface area contributed by atoms with Crippen LogP contribution in [0.25, 0.3) is 33.2 Å². The first-order chi connectivity index (χ1) is 15.0. The Morgan fingerprint density at radius 2 is 1.97 bits per heavy atom. The van der Waals surface area contributed by atoms with E-state index >= 15 is 0 Å². The maximum Gasteiger partial charge on any atom is 0.164 e. The molecule has 0 aliphatic carbocycles. The van der Waals surface area contributed by atoms with E-state index in [1.54, 1.807) is 10.7 Å². The number of nitrogen functional groups attached to an aromatic ring is 1. The van der Waals surface area contributed by atoms with Crippen LogP contribution < -0.4 is 10.5 Å². The Balaban J connectivity index is 1.68. The zero-order chi connectivity index (χ0) is 21.5. The minimum Gasteiger partial charge on any atom is -0.497 e. The van der Waals surface area contributed by atoms with Crippen LogP contribution in [-0.2, 0) is 6.54 Å². The molecule has 3 aromatic heterocycles. The number of methoxy groups -OCH3 is 1. The quantitative estimate of drug-likeness (QED) is 0.419. The van der Waals surface area contributed by atoms with E-state index < -0.39 is 5.82 Å². The van der Waals surface area contributed by atoms with Gasteiger partial charge in [0.2, 0.25) is 0 Å². The molecule has 0 saturated carbocycles. The van der Waals surface area contributed by atoms with Gasteiger partial charge < -0.3 is 10.5 Å². The topological polar surface area (TPSA) is 91.7 Å². The summed E-state index contributed by atoms with van der Waals surface area (Å²) >= 11 is 6.44. The molecular formula is C22H16ClFN6O. The summed E-state index contributed by atoms with van der Waals surface area (Å²) in [5.41, 5.74) is 9.19. The third-order valence-electron chi connectivity index (χ3n) is 5.01. The van der Waals surface area contributed by atoms with E-state index in [1.807, 2.05) is 30.3 Å². The number of anilines is 1. The summed E-state index contributed by atoms with van der Waals surface area (Å²) in [6, 6.07) is 14.0. The molecule has 2 N–H and O–H groups in total. The second-order valence-corrected chi connectivity index (χ2v) is 7.33. The number of hydrogen-bond donors (Lipinski definition) is 1. The summed E-state index contributed by atoms with van der Waals surface area (Å²) in [4.78, 5) is 12.9. The summed E-state index contributed by atoms with van der Waals surface area (Å²) in [5.74, 6) is 0.168. The van der Waals surface area contributed by atoms with E-state index in [-0.39, 0.29) is 5.82 Å². The van der Waals surface area contributed by atoms with Crippen molar-refractivity contribution in [3.05, 3.63) is 71.4 Å². The molecule has 7 nitrogen and oxygen atoms in total. The highest BCUT2D eigenvalue weighted by atomic mass is 35.5. The summed E-state index contributed by atoms with van der Waals surface area (Å²) in [6.07, 6.45) is 1.37. The number of benzene rings is 2. The van der Waals surface area contributed by atoms with E-state index in [2.05, 4.69) is 20.1 Å². The van der Waals surface area contributed by atoms with Crippen molar-refractivity contribution in [3.63, 3.8) is 0 Å². The van der Waals surface area contributed by atoms with Crippen molar-refractivity contribution in [2.24, 2.45) is 0 Å². The van der Waals surface area contributed by atoms with E-state index in [9.17, 15) is 4.39 Å². The lowest BCUT2D eigenvalue weighted by Gasteiger charge is -2.07. The molecule has 9 heteroatoms. The van der Waals surface area contributed by atoms with Crippen LogP contribution in [-0.4, -0.2) is 31.8 Å². The normalized spacial score (nSPS) is 11.3. The minimum atomic E-state index is -0.450. The first-order valence-corrected chi connectivity index (χ1v) is 9.77. The maximum absolute atomic E-state index is 14.2. The van der Waals surface area contributed by atoms with Crippen molar-refractivity contribution in [1.82, 2.24) is 24.7 Å². The predicted octanol–water partition coefficient (Wildman–Crippen LogP) is 4.47. The Bertz CT molecular complexity index is 1450. The SMILES string of the molecule is COc1cc(F)cc(-c2nn(Cc3cc4ccccc4nc3Cl)c3ncnc(N)c23)c1. The number of para-hydroxylation sites is 1. The van der Waals surface area contributed by atoms with Crippen LogP contribution in [0.4, 0.5) is 10.2 Å². The zero-order valence-corrected chi connectivity index (χ0v) is 17.1. The number of ether oxygens (including phenoxy) is 1. The van der Waals surface area contributed by atoms with Gasteiger partial charge in [0.25, 0.3) is 0 Å². The fourth-order valence-electron chi connectivity index (χ4n) is 3.57. The fraction of sp³-hybridized carbons (Fsp3) is 0.0909. The van der Waals surface area contributed by atoms with Crippen molar-refractivity contribution >= 4 is 39.4 Å².